The molecule has 2 aromatic rings. The average molecular weight is 389 g/mol. The van der Waals surface area contributed by atoms with Gasteiger partial charge in [-0.15, -0.1) is 0 Å². The van der Waals surface area contributed by atoms with Crippen LogP contribution in [-0.4, -0.2) is 34.4 Å². The molecule has 0 amide bonds. The first-order valence-corrected chi connectivity index (χ1v) is 10.5. The molecule has 0 saturated carbocycles. The van der Waals surface area contributed by atoms with Crippen molar-refractivity contribution in [1.29, 1.82) is 0 Å². The Morgan fingerprint density at radius 1 is 0.920 bits per heavy atom. The van der Waals surface area contributed by atoms with Gasteiger partial charge in [0.2, 0.25) is 10.0 Å². The molecular formula is C16H17F2NO4S2. The van der Waals surface area contributed by atoms with E-state index in [1.165, 1.54) is 38.2 Å². The van der Waals surface area contributed by atoms with Gasteiger partial charge in [-0.25, -0.2) is 25.6 Å². The van der Waals surface area contributed by atoms with E-state index < -0.39 is 37.5 Å². The Balaban J connectivity index is 2.43. The molecule has 9 heteroatoms. The molecule has 1 unspecified atom stereocenters. The Bertz CT molecular complexity index is 1000. The molecule has 0 aliphatic rings. The molecule has 136 valence electrons. The lowest BCUT2D eigenvalue weighted by Gasteiger charge is -2.25. The molecule has 0 heterocycles. The van der Waals surface area contributed by atoms with Crippen LogP contribution in [0, 0.1) is 11.6 Å². The molecule has 0 N–H and O–H groups in total. The Labute approximate surface area is 145 Å². The number of benzene rings is 2. The van der Waals surface area contributed by atoms with Crippen molar-refractivity contribution in [3.8, 4) is 0 Å². The summed E-state index contributed by atoms with van der Waals surface area (Å²) in [5, 5.41) is 0. The molecule has 2 rings (SSSR count). The fourth-order valence-electron chi connectivity index (χ4n) is 2.22. The number of sulfonamides is 1. The molecule has 0 spiro atoms. The van der Waals surface area contributed by atoms with Gasteiger partial charge in [-0.2, -0.15) is 4.31 Å². The summed E-state index contributed by atoms with van der Waals surface area (Å²) in [6.45, 7) is 1.52. The minimum atomic E-state index is -4.04. The minimum Gasteiger partial charge on any atom is -0.224 e. The molecule has 2 aromatic carbocycles. The van der Waals surface area contributed by atoms with Gasteiger partial charge in [-0.1, -0.05) is 12.1 Å². The number of nitrogens with zero attached hydrogens (tertiary/aromatic N) is 1. The van der Waals surface area contributed by atoms with E-state index in [-0.39, 0.29) is 15.4 Å². The van der Waals surface area contributed by atoms with Gasteiger partial charge in [0.25, 0.3) is 0 Å². The van der Waals surface area contributed by atoms with Crippen LogP contribution < -0.4 is 0 Å². The second-order valence-electron chi connectivity index (χ2n) is 5.62. The van der Waals surface area contributed by atoms with Crippen molar-refractivity contribution in [1.82, 2.24) is 4.31 Å². The zero-order valence-electron chi connectivity index (χ0n) is 13.8. The normalized spacial score (nSPS) is 13.8. The third kappa shape index (κ3) is 4.05. The summed E-state index contributed by atoms with van der Waals surface area (Å²) in [6.07, 6.45) is 0.979. The Hall–Kier alpha value is -1.84. The van der Waals surface area contributed by atoms with Crippen molar-refractivity contribution in [3.63, 3.8) is 0 Å². The zero-order valence-corrected chi connectivity index (χ0v) is 15.4. The van der Waals surface area contributed by atoms with Gasteiger partial charge in [0, 0.05) is 19.3 Å². The number of halogens is 2. The SMILES string of the molecule is CC(c1ccc(F)c(F)c1)N(C)S(=O)(=O)c1cccc(S(C)(=O)=O)c1. The van der Waals surface area contributed by atoms with Crippen LogP contribution in [0.1, 0.15) is 18.5 Å². The van der Waals surface area contributed by atoms with Gasteiger partial charge in [0.1, 0.15) is 0 Å². The highest BCUT2D eigenvalue weighted by Gasteiger charge is 2.27. The molecule has 0 fully saturated rings. The first kappa shape index (κ1) is 19.5. The van der Waals surface area contributed by atoms with Gasteiger partial charge >= 0.3 is 0 Å². The van der Waals surface area contributed by atoms with Gasteiger partial charge in [-0.05, 0) is 42.8 Å². The standard InChI is InChI=1S/C16H17F2NO4S2/c1-11(12-7-8-15(17)16(18)9-12)19(2)25(22,23)14-6-4-5-13(10-14)24(3,20)21/h4-11H,1-3H3. The highest BCUT2D eigenvalue weighted by Crippen LogP contribution is 2.27. The molecule has 25 heavy (non-hydrogen) atoms. The van der Waals surface area contributed by atoms with Crippen molar-refractivity contribution in [2.45, 2.75) is 22.8 Å². The summed E-state index contributed by atoms with van der Waals surface area (Å²) >= 11 is 0. The highest BCUT2D eigenvalue weighted by molar-refractivity contribution is 7.91. The summed E-state index contributed by atoms with van der Waals surface area (Å²) in [7, 11) is -6.32. The Morgan fingerprint density at radius 2 is 1.52 bits per heavy atom. The molecule has 0 radical (unpaired) electrons. The van der Waals surface area contributed by atoms with Crippen LogP contribution in [0.2, 0.25) is 0 Å². The Morgan fingerprint density at radius 3 is 2.08 bits per heavy atom. The van der Waals surface area contributed by atoms with Crippen molar-refractivity contribution in [2.75, 3.05) is 13.3 Å². The summed E-state index contributed by atoms with van der Waals surface area (Å²) in [5.41, 5.74) is 0.268. The van der Waals surface area contributed by atoms with Crippen LogP contribution in [-0.2, 0) is 19.9 Å². The van der Waals surface area contributed by atoms with E-state index >= 15 is 0 Å². The van der Waals surface area contributed by atoms with E-state index in [4.69, 9.17) is 0 Å². The lowest BCUT2D eigenvalue weighted by Crippen LogP contribution is -2.30. The molecular weight excluding hydrogens is 372 g/mol. The second-order valence-corrected chi connectivity index (χ2v) is 9.63. The van der Waals surface area contributed by atoms with E-state index in [0.29, 0.717) is 0 Å². The number of hydrogen-bond donors (Lipinski definition) is 0. The van der Waals surface area contributed by atoms with E-state index in [1.54, 1.807) is 0 Å². The first-order valence-electron chi connectivity index (χ1n) is 7.17. The van der Waals surface area contributed by atoms with E-state index in [9.17, 15) is 25.6 Å². The summed E-state index contributed by atoms with van der Waals surface area (Å²) in [6, 6.07) is 7.33. The van der Waals surface area contributed by atoms with E-state index in [2.05, 4.69) is 0 Å². The predicted octanol–water partition coefficient (Wildman–Crippen LogP) is 2.75. The van der Waals surface area contributed by atoms with E-state index in [0.717, 1.165) is 28.8 Å². The molecule has 0 aliphatic carbocycles. The largest absolute Gasteiger partial charge is 0.243 e. The van der Waals surface area contributed by atoms with Crippen molar-refractivity contribution in [3.05, 3.63) is 59.7 Å². The zero-order chi connectivity index (χ0) is 19.0. The fourth-order valence-corrected chi connectivity index (χ4v) is 4.36. The van der Waals surface area contributed by atoms with Gasteiger partial charge in [0.05, 0.1) is 9.79 Å². The third-order valence-corrected chi connectivity index (χ3v) is 6.92. The predicted molar refractivity (Wildman–Crippen MR) is 89.3 cm³/mol. The maximum atomic E-state index is 13.4. The van der Waals surface area contributed by atoms with Gasteiger partial charge < -0.3 is 0 Å². The number of hydrogen-bond acceptors (Lipinski definition) is 4. The maximum Gasteiger partial charge on any atom is 0.243 e. The lowest BCUT2D eigenvalue weighted by molar-refractivity contribution is 0.395. The first-order chi connectivity index (χ1) is 11.4. The van der Waals surface area contributed by atoms with Crippen LogP contribution in [0.3, 0.4) is 0 Å². The fraction of sp³-hybridized carbons (Fsp3) is 0.250. The van der Waals surface area contributed by atoms with Crippen molar-refractivity contribution < 1.29 is 25.6 Å². The van der Waals surface area contributed by atoms with Crippen molar-refractivity contribution >= 4 is 19.9 Å². The van der Waals surface area contributed by atoms with Crippen LogP contribution in [0.25, 0.3) is 0 Å². The summed E-state index contributed by atoms with van der Waals surface area (Å²) < 4.78 is 76.1. The summed E-state index contributed by atoms with van der Waals surface area (Å²) in [5.74, 6) is -2.10. The monoisotopic (exact) mass is 389 g/mol. The maximum absolute atomic E-state index is 13.4. The molecule has 0 aliphatic heterocycles. The number of rotatable bonds is 5. The minimum absolute atomic E-state index is 0.123. The van der Waals surface area contributed by atoms with Crippen LogP contribution in [0.4, 0.5) is 8.78 Å². The highest BCUT2D eigenvalue weighted by atomic mass is 32.2. The van der Waals surface area contributed by atoms with Crippen LogP contribution >= 0.6 is 0 Å². The van der Waals surface area contributed by atoms with Gasteiger partial charge in [-0.3, -0.25) is 0 Å². The van der Waals surface area contributed by atoms with Crippen LogP contribution in [0.5, 0.6) is 0 Å². The summed E-state index contributed by atoms with van der Waals surface area (Å²) in [4.78, 5) is -0.324. The average Bonchev–Trinajstić information content (AvgIpc) is 2.55. The topological polar surface area (TPSA) is 71.5 Å². The molecule has 1 atom stereocenters. The quantitative estimate of drug-likeness (QED) is 0.788. The Kier molecular flexibility index (Phi) is 5.31. The molecule has 5 nitrogen and oxygen atoms in total. The van der Waals surface area contributed by atoms with Gasteiger partial charge in [0.15, 0.2) is 21.5 Å². The second kappa shape index (κ2) is 6.81. The van der Waals surface area contributed by atoms with Crippen molar-refractivity contribution in [2.24, 2.45) is 0 Å². The molecule has 0 bridgehead atoms. The number of sulfone groups is 1. The third-order valence-electron chi connectivity index (χ3n) is 3.88. The van der Waals surface area contributed by atoms with E-state index in [1.807, 2.05) is 0 Å². The molecule has 0 aromatic heterocycles. The smallest absolute Gasteiger partial charge is 0.224 e. The lowest BCUT2D eigenvalue weighted by atomic mass is 10.1. The molecule has 0 saturated heterocycles. The van der Waals surface area contributed by atoms with Crippen LogP contribution in [0.15, 0.2) is 52.3 Å².